The molecule has 15 heavy (non-hydrogen) atoms. The average molecular weight is 291 g/mol. The number of carboxylic acid groups (broad SMARTS) is 1. The molecule has 2 unspecified atom stereocenters. The molecule has 1 N–H and O–H groups in total. The Morgan fingerprint density at radius 2 is 2.13 bits per heavy atom. The van der Waals surface area contributed by atoms with E-state index in [-0.39, 0.29) is 5.75 Å². The number of benzene rings is 1. The van der Waals surface area contributed by atoms with Crippen molar-refractivity contribution in [3.05, 3.63) is 28.7 Å². The number of carbonyl (C=O) groups is 1. The van der Waals surface area contributed by atoms with Crippen molar-refractivity contribution in [3.8, 4) is 0 Å². The Balaban J connectivity index is 2.78. The molecule has 0 aliphatic carbocycles. The first kappa shape index (κ1) is 12.4. The highest BCUT2D eigenvalue weighted by Gasteiger charge is 2.17. The summed E-state index contributed by atoms with van der Waals surface area (Å²) >= 11 is 3.28. The molecule has 0 aromatic heterocycles. The molecule has 1 aromatic carbocycles. The van der Waals surface area contributed by atoms with Crippen LogP contribution in [0.5, 0.6) is 0 Å². The Bertz CT molecular complexity index is 392. The van der Waals surface area contributed by atoms with Gasteiger partial charge in [0.05, 0.1) is 21.6 Å². The first-order valence-electron chi connectivity index (χ1n) is 4.38. The average Bonchev–Trinajstić information content (AvgIpc) is 2.18. The molecule has 0 bridgehead atoms. The third kappa shape index (κ3) is 3.43. The van der Waals surface area contributed by atoms with Crippen molar-refractivity contribution >= 4 is 32.7 Å². The number of hydrogen-bond acceptors (Lipinski definition) is 2. The molecule has 0 fully saturated rings. The molecule has 0 radical (unpaired) electrons. The summed E-state index contributed by atoms with van der Waals surface area (Å²) in [6.45, 7) is 1.55. The topological polar surface area (TPSA) is 54.4 Å². The third-order valence-corrected chi connectivity index (χ3v) is 4.51. The molecule has 0 aliphatic heterocycles. The highest BCUT2D eigenvalue weighted by atomic mass is 79.9. The Morgan fingerprint density at radius 1 is 1.53 bits per heavy atom. The van der Waals surface area contributed by atoms with Gasteiger partial charge in [-0.15, -0.1) is 0 Å². The first-order valence-corrected chi connectivity index (χ1v) is 6.49. The van der Waals surface area contributed by atoms with E-state index in [1.807, 2.05) is 6.07 Å². The van der Waals surface area contributed by atoms with E-state index in [1.165, 1.54) is 0 Å². The van der Waals surface area contributed by atoms with Crippen LogP contribution in [0.25, 0.3) is 0 Å². The highest BCUT2D eigenvalue weighted by Crippen LogP contribution is 2.20. The number of rotatable bonds is 4. The number of carboxylic acids is 1. The lowest BCUT2D eigenvalue weighted by Crippen LogP contribution is -2.17. The zero-order valence-electron chi connectivity index (χ0n) is 8.14. The van der Waals surface area contributed by atoms with Crippen molar-refractivity contribution in [2.45, 2.75) is 11.8 Å². The molecule has 0 spiro atoms. The van der Waals surface area contributed by atoms with Crippen LogP contribution in [0.3, 0.4) is 0 Å². The van der Waals surface area contributed by atoms with Gasteiger partial charge in [0.1, 0.15) is 0 Å². The van der Waals surface area contributed by atoms with E-state index in [4.69, 9.17) is 5.11 Å². The molecule has 3 nitrogen and oxygen atoms in total. The molecule has 0 saturated carbocycles. The van der Waals surface area contributed by atoms with Crippen molar-refractivity contribution < 1.29 is 14.1 Å². The first-order chi connectivity index (χ1) is 7.02. The summed E-state index contributed by atoms with van der Waals surface area (Å²) in [4.78, 5) is 11.2. The standard InChI is InChI=1S/C10H11BrO3S/c1-7(10(12)13)6-15(14)9-5-3-2-4-8(9)11/h2-5,7H,6H2,1H3,(H,12,13). The van der Waals surface area contributed by atoms with Crippen LogP contribution in [0.1, 0.15) is 6.92 Å². The van der Waals surface area contributed by atoms with Crippen molar-refractivity contribution in [2.75, 3.05) is 5.75 Å². The minimum atomic E-state index is -1.27. The van der Waals surface area contributed by atoms with Gasteiger partial charge >= 0.3 is 5.97 Å². The summed E-state index contributed by atoms with van der Waals surface area (Å²) in [5.74, 6) is -1.38. The molecule has 1 aromatic rings. The molecule has 1 rings (SSSR count). The maximum atomic E-state index is 11.8. The van der Waals surface area contributed by atoms with Crippen LogP contribution in [-0.2, 0) is 15.6 Å². The molecule has 82 valence electrons. The van der Waals surface area contributed by atoms with Crippen molar-refractivity contribution in [1.82, 2.24) is 0 Å². The molecule has 2 atom stereocenters. The van der Waals surface area contributed by atoms with Gasteiger partial charge in [-0.2, -0.15) is 0 Å². The highest BCUT2D eigenvalue weighted by molar-refractivity contribution is 9.10. The van der Waals surface area contributed by atoms with E-state index in [0.29, 0.717) is 4.90 Å². The van der Waals surface area contributed by atoms with Crippen LogP contribution >= 0.6 is 15.9 Å². The van der Waals surface area contributed by atoms with Crippen LogP contribution in [0.15, 0.2) is 33.6 Å². The molecular formula is C10H11BrO3S. The number of halogens is 1. The minimum absolute atomic E-state index is 0.137. The van der Waals surface area contributed by atoms with Gasteiger partial charge in [0.15, 0.2) is 0 Å². The minimum Gasteiger partial charge on any atom is -0.481 e. The molecular weight excluding hydrogens is 280 g/mol. The monoisotopic (exact) mass is 290 g/mol. The van der Waals surface area contributed by atoms with Gasteiger partial charge < -0.3 is 5.11 Å². The Morgan fingerprint density at radius 3 is 2.67 bits per heavy atom. The van der Waals surface area contributed by atoms with Gasteiger partial charge in [0, 0.05) is 10.2 Å². The molecule has 5 heteroatoms. The van der Waals surface area contributed by atoms with Crippen LogP contribution in [0.4, 0.5) is 0 Å². The fourth-order valence-electron chi connectivity index (χ4n) is 1.02. The van der Waals surface area contributed by atoms with E-state index in [9.17, 15) is 9.00 Å². The van der Waals surface area contributed by atoms with Gasteiger partial charge in [0.2, 0.25) is 0 Å². The van der Waals surface area contributed by atoms with Crippen LogP contribution in [0.2, 0.25) is 0 Å². The molecule has 0 saturated heterocycles. The fourth-order valence-corrected chi connectivity index (χ4v) is 3.14. The lowest BCUT2D eigenvalue weighted by Gasteiger charge is -2.07. The Labute approximate surface area is 99.1 Å². The second kappa shape index (κ2) is 5.42. The van der Waals surface area contributed by atoms with Crippen LogP contribution in [0, 0.1) is 5.92 Å². The van der Waals surface area contributed by atoms with Gasteiger partial charge in [-0.25, -0.2) is 0 Å². The largest absolute Gasteiger partial charge is 0.481 e. The van der Waals surface area contributed by atoms with E-state index < -0.39 is 22.7 Å². The summed E-state index contributed by atoms with van der Waals surface area (Å²) < 4.78 is 12.5. The second-order valence-corrected chi connectivity index (χ2v) is 5.50. The van der Waals surface area contributed by atoms with E-state index >= 15 is 0 Å². The van der Waals surface area contributed by atoms with E-state index in [2.05, 4.69) is 15.9 Å². The van der Waals surface area contributed by atoms with Crippen molar-refractivity contribution in [1.29, 1.82) is 0 Å². The third-order valence-electron chi connectivity index (χ3n) is 1.90. The fraction of sp³-hybridized carbons (Fsp3) is 0.300. The maximum Gasteiger partial charge on any atom is 0.307 e. The van der Waals surface area contributed by atoms with Gasteiger partial charge in [0.25, 0.3) is 0 Å². The number of hydrogen-bond donors (Lipinski definition) is 1. The van der Waals surface area contributed by atoms with Gasteiger partial charge in [-0.05, 0) is 28.1 Å². The summed E-state index contributed by atoms with van der Waals surface area (Å²) in [6.07, 6.45) is 0. The van der Waals surface area contributed by atoms with Gasteiger partial charge in [-0.3, -0.25) is 9.00 Å². The van der Waals surface area contributed by atoms with Crippen LogP contribution in [-0.4, -0.2) is 21.0 Å². The maximum absolute atomic E-state index is 11.8. The Kier molecular flexibility index (Phi) is 4.47. The zero-order valence-corrected chi connectivity index (χ0v) is 10.5. The van der Waals surface area contributed by atoms with Gasteiger partial charge in [-0.1, -0.05) is 19.1 Å². The summed E-state index contributed by atoms with van der Waals surface area (Å²) in [5.41, 5.74) is 0. The van der Waals surface area contributed by atoms with E-state index in [0.717, 1.165) is 4.47 Å². The molecule has 0 aliphatic rings. The van der Waals surface area contributed by atoms with Crippen molar-refractivity contribution in [3.63, 3.8) is 0 Å². The van der Waals surface area contributed by atoms with Crippen LogP contribution < -0.4 is 0 Å². The van der Waals surface area contributed by atoms with Crippen molar-refractivity contribution in [2.24, 2.45) is 5.92 Å². The molecule has 0 amide bonds. The van der Waals surface area contributed by atoms with E-state index in [1.54, 1.807) is 25.1 Å². The SMILES string of the molecule is CC(CS(=O)c1ccccc1Br)C(=O)O. The normalized spacial score (nSPS) is 14.5. The second-order valence-electron chi connectivity index (χ2n) is 3.18. The lowest BCUT2D eigenvalue weighted by atomic mass is 10.2. The summed E-state index contributed by atoms with van der Waals surface area (Å²) in [7, 11) is -1.27. The summed E-state index contributed by atoms with van der Waals surface area (Å²) in [6, 6.07) is 7.13. The predicted octanol–water partition coefficient (Wildman–Crippen LogP) is 2.28. The predicted molar refractivity (Wildman–Crippen MR) is 62.2 cm³/mol. The Hall–Kier alpha value is -0.680. The smallest absolute Gasteiger partial charge is 0.307 e. The quantitative estimate of drug-likeness (QED) is 0.926. The summed E-state index contributed by atoms with van der Waals surface area (Å²) in [5, 5.41) is 8.70. The zero-order chi connectivity index (χ0) is 11.4. The number of aliphatic carboxylic acids is 1. The molecule has 0 heterocycles. The lowest BCUT2D eigenvalue weighted by molar-refractivity contribution is -0.140.